The number of fused-ring (bicyclic) bond motifs is 1. The predicted octanol–water partition coefficient (Wildman–Crippen LogP) is 3.57. The van der Waals surface area contributed by atoms with Gasteiger partial charge in [-0.25, -0.2) is 13.1 Å². The van der Waals surface area contributed by atoms with Gasteiger partial charge in [-0.3, -0.25) is 4.79 Å². The van der Waals surface area contributed by atoms with E-state index in [9.17, 15) is 13.2 Å². The summed E-state index contributed by atoms with van der Waals surface area (Å²) in [5.41, 5.74) is 1.72. The molecule has 0 spiro atoms. The van der Waals surface area contributed by atoms with E-state index in [1.807, 2.05) is 31.2 Å². The van der Waals surface area contributed by atoms with E-state index < -0.39 is 10.0 Å². The van der Waals surface area contributed by atoms with Gasteiger partial charge in [-0.15, -0.1) is 0 Å². The van der Waals surface area contributed by atoms with Crippen LogP contribution in [0, 0.1) is 12.8 Å². The summed E-state index contributed by atoms with van der Waals surface area (Å²) in [4.78, 5) is 14.8. The fraction of sp³-hybridized carbons (Fsp3) is 0.318. The molecule has 0 radical (unpaired) electrons. The standard InChI is InChI=1S/C22H24N2O4S/c1-16-6-8-19(9-7-16)29(26,27)23-15-17-10-12-24(13-11-17)22(25)21-14-18-4-2-3-5-20(18)28-21/h2-9,14,17,23H,10-13,15H2,1H3. The topological polar surface area (TPSA) is 79.6 Å². The number of rotatable bonds is 5. The predicted molar refractivity (Wildman–Crippen MR) is 111 cm³/mol. The molecular formula is C22H24N2O4S. The van der Waals surface area contributed by atoms with E-state index in [1.54, 1.807) is 35.2 Å². The molecule has 1 fully saturated rings. The average molecular weight is 413 g/mol. The number of carbonyl (C=O) groups excluding carboxylic acids is 1. The Morgan fingerprint density at radius 3 is 2.48 bits per heavy atom. The van der Waals surface area contributed by atoms with E-state index >= 15 is 0 Å². The minimum Gasteiger partial charge on any atom is -0.451 e. The fourth-order valence-electron chi connectivity index (χ4n) is 3.61. The molecule has 0 saturated carbocycles. The van der Waals surface area contributed by atoms with Crippen LogP contribution < -0.4 is 4.72 Å². The summed E-state index contributed by atoms with van der Waals surface area (Å²) in [6, 6.07) is 16.1. The first-order valence-electron chi connectivity index (χ1n) is 9.76. The Bertz CT molecular complexity index is 1080. The Morgan fingerprint density at radius 1 is 1.10 bits per heavy atom. The summed E-state index contributed by atoms with van der Waals surface area (Å²) in [6.07, 6.45) is 1.50. The molecule has 7 heteroatoms. The molecule has 29 heavy (non-hydrogen) atoms. The normalized spacial score (nSPS) is 15.7. The Labute approximate surface area is 170 Å². The van der Waals surface area contributed by atoms with E-state index in [0.717, 1.165) is 23.8 Å². The molecule has 1 aliphatic heterocycles. The van der Waals surface area contributed by atoms with Gasteiger partial charge >= 0.3 is 0 Å². The van der Waals surface area contributed by atoms with Crippen molar-refractivity contribution in [1.29, 1.82) is 0 Å². The van der Waals surface area contributed by atoms with Gasteiger partial charge in [0.1, 0.15) is 5.58 Å². The molecule has 0 atom stereocenters. The van der Waals surface area contributed by atoms with Crippen LogP contribution in [0.3, 0.4) is 0 Å². The van der Waals surface area contributed by atoms with Gasteiger partial charge in [0.05, 0.1) is 4.90 Å². The Kier molecular flexibility index (Phi) is 5.43. The van der Waals surface area contributed by atoms with Crippen LogP contribution in [0.1, 0.15) is 29.0 Å². The van der Waals surface area contributed by atoms with Crippen LogP contribution in [-0.2, 0) is 10.0 Å². The number of nitrogens with one attached hydrogen (secondary N) is 1. The van der Waals surface area contributed by atoms with Crippen LogP contribution in [0.2, 0.25) is 0 Å². The number of hydrogen-bond donors (Lipinski definition) is 1. The van der Waals surface area contributed by atoms with Crippen LogP contribution >= 0.6 is 0 Å². The van der Waals surface area contributed by atoms with Crippen molar-refractivity contribution < 1.29 is 17.6 Å². The summed E-state index contributed by atoms with van der Waals surface area (Å²) < 4.78 is 33.3. The van der Waals surface area contributed by atoms with E-state index in [0.29, 0.717) is 31.0 Å². The number of carbonyl (C=O) groups is 1. The molecule has 4 rings (SSSR count). The van der Waals surface area contributed by atoms with Crippen molar-refractivity contribution in [2.45, 2.75) is 24.7 Å². The second kappa shape index (κ2) is 8.00. The van der Waals surface area contributed by atoms with Gasteiger partial charge in [-0.1, -0.05) is 35.9 Å². The molecule has 2 aromatic carbocycles. The third-order valence-corrected chi connectivity index (χ3v) is 6.87. The molecule has 6 nitrogen and oxygen atoms in total. The summed E-state index contributed by atoms with van der Waals surface area (Å²) in [7, 11) is -3.51. The Hall–Kier alpha value is -2.64. The highest BCUT2D eigenvalue weighted by Gasteiger charge is 2.26. The molecule has 1 amide bonds. The molecule has 0 bridgehead atoms. The molecule has 2 heterocycles. The summed E-state index contributed by atoms with van der Waals surface area (Å²) >= 11 is 0. The molecule has 0 aliphatic carbocycles. The molecule has 1 aromatic heterocycles. The first kappa shape index (κ1) is 19.7. The number of hydrogen-bond acceptors (Lipinski definition) is 4. The van der Waals surface area contributed by atoms with E-state index in [2.05, 4.69) is 4.72 Å². The van der Waals surface area contributed by atoms with Gasteiger partial charge in [0.25, 0.3) is 5.91 Å². The van der Waals surface area contributed by atoms with E-state index in [4.69, 9.17) is 4.42 Å². The highest BCUT2D eigenvalue weighted by atomic mass is 32.2. The number of nitrogens with zero attached hydrogens (tertiary/aromatic N) is 1. The second-order valence-electron chi connectivity index (χ2n) is 7.55. The number of sulfonamides is 1. The van der Waals surface area contributed by atoms with Crippen LogP contribution in [0.25, 0.3) is 11.0 Å². The third-order valence-electron chi connectivity index (χ3n) is 5.43. The van der Waals surface area contributed by atoms with E-state index in [-0.39, 0.29) is 16.7 Å². The van der Waals surface area contributed by atoms with Gasteiger partial charge in [0.2, 0.25) is 10.0 Å². The van der Waals surface area contributed by atoms with Gasteiger partial charge in [-0.05, 0) is 49.9 Å². The lowest BCUT2D eigenvalue weighted by Crippen LogP contribution is -2.41. The van der Waals surface area contributed by atoms with Crippen molar-refractivity contribution in [2.24, 2.45) is 5.92 Å². The van der Waals surface area contributed by atoms with E-state index in [1.165, 1.54) is 0 Å². The number of furan rings is 1. The maximum absolute atomic E-state index is 12.7. The third kappa shape index (κ3) is 4.36. The largest absolute Gasteiger partial charge is 0.451 e. The maximum Gasteiger partial charge on any atom is 0.289 e. The molecular weight excluding hydrogens is 388 g/mol. The number of amides is 1. The average Bonchev–Trinajstić information content (AvgIpc) is 3.17. The zero-order valence-corrected chi connectivity index (χ0v) is 17.1. The first-order chi connectivity index (χ1) is 13.9. The van der Waals surface area contributed by atoms with Crippen LogP contribution in [0.5, 0.6) is 0 Å². The highest BCUT2D eigenvalue weighted by molar-refractivity contribution is 7.89. The van der Waals surface area contributed by atoms with Gasteiger partial charge in [0.15, 0.2) is 5.76 Å². The molecule has 3 aromatic rings. The highest BCUT2D eigenvalue weighted by Crippen LogP contribution is 2.23. The van der Waals surface area contributed by atoms with Crippen LogP contribution in [-0.4, -0.2) is 38.9 Å². The molecule has 1 N–H and O–H groups in total. The lowest BCUT2D eigenvalue weighted by Gasteiger charge is -2.31. The number of benzene rings is 2. The first-order valence-corrected chi connectivity index (χ1v) is 11.2. The SMILES string of the molecule is Cc1ccc(S(=O)(=O)NCC2CCN(C(=O)c3cc4ccccc4o3)CC2)cc1. The molecule has 1 saturated heterocycles. The van der Waals surface area contributed by atoms with Gasteiger partial charge in [0, 0.05) is 25.0 Å². The number of likely N-dealkylation sites (tertiary alicyclic amines) is 1. The van der Waals surface area contributed by atoms with Crippen molar-refractivity contribution in [3.8, 4) is 0 Å². The maximum atomic E-state index is 12.7. The van der Waals surface area contributed by atoms with Gasteiger partial charge < -0.3 is 9.32 Å². The second-order valence-corrected chi connectivity index (χ2v) is 9.32. The van der Waals surface area contributed by atoms with Crippen molar-refractivity contribution in [2.75, 3.05) is 19.6 Å². The fourth-order valence-corrected chi connectivity index (χ4v) is 4.73. The summed E-state index contributed by atoms with van der Waals surface area (Å²) in [5.74, 6) is 0.444. The zero-order chi connectivity index (χ0) is 20.4. The monoisotopic (exact) mass is 412 g/mol. The van der Waals surface area contributed by atoms with Crippen molar-refractivity contribution in [1.82, 2.24) is 9.62 Å². The van der Waals surface area contributed by atoms with Crippen LogP contribution in [0.15, 0.2) is 63.9 Å². The zero-order valence-electron chi connectivity index (χ0n) is 16.3. The van der Waals surface area contributed by atoms with Crippen molar-refractivity contribution >= 4 is 26.9 Å². The smallest absolute Gasteiger partial charge is 0.289 e. The van der Waals surface area contributed by atoms with Crippen LogP contribution in [0.4, 0.5) is 0 Å². The minimum absolute atomic E-state index is 0.111. The summed E-state index contributed by atoms with van der Waals surface area (Å²) in [5, 5.41) is 0.913. The van der Waals surface area contributed by atoms with Crippen molar-refractivity contribution in [3.63, 3.8) is 0 Å². The molecule has 152 valence electrons. The number of para-hydroxylation sites is 1. The summed E-state index contributed by atoms with van der Waals surface area (Å²) in [6.45, 7) is 3.48. The number of piperidine rings is 1. The quantitative estimate of drug-likeness (QED) is 0.695. The lowest BCUT2D eigenvalue weighted by atomic mass is 9.97. The molecule has 0 unspecified atom stereocenters. The Balaban J connectivity index is 1.32. The minimum atomic E-state index is -3.51. The van der Waals surface area contributed by atoms with Crippen molar-refractivity contribution in [3.05, 3.63) is 65.9 Å². The number of aryl methyl sites for hydroxylation is 1. The Morgan fingerprint density at radius 2 is 1.79 bits per heavy atom. The molecule has 1 aliphatic rings. The lowest BCUT2D eigenvalue weighted by molar-refractivity contribution is 0.0662. The van der Waals surface area contributed by atoms with Gasteiger partial charge in [-0.2, -0.15) is 0 Å².